The molecule has 0 bridgehead atoms. The van der Waals surface area contributed by atoms with Crippen molar-refractivity contribution in [3.05, 3.63) is 64.7 Å². The fourth-order valence-electron chi connectivity index (χ4n) is 2.30. The Morgan fingerprint density at radius 3 is 2.59 bits per heavy atom. The van der Waals surface area contributed by atoms with Gasteiger partial charge in [-0.15, -0.1) is 5.10 Å². The van der Waals surface area contributed by atoms with E-state index in [0.717, 1.165) is 16.8 Å². The molecule has 0 radical (unpaired) electrons. The SMILES string of the molecule is Cc1cc(Cl)cc(N(Cc2ccccc2)c2n[nH]c(N)n2)c1. The van der Waals surface area contributed by atoms with Crippen LogP contribution in [0.2, 0.25) is 5.02 Å². The maximum absolute atomic E-state index is 6.19. The van der Waals surface area contributed by atoms with Crippen molar-refractivity contribution >= 4 is 29.2 Å². The quantitative estimate of drug-likeness (QED) is 0.770. The molecule has 0 unspecified atom stereocenters. The van der Waals surface area contributed by atoms with Crippen molar-refractivity contribution in [2.45, 2.75) is 13.5 Å². The third-order valence-electron chi connectivity index (χ3n) is 3.25. The first kappa shape index (κ1) is 14.4. The molecule has 0 saturated carbocycles. The summed E-state index contributed by atoms with van der Waals surface area (Å²) in [5.74, 6) is 0.801. The number of hydrogen-bond acceptors (Lipinski definition) is 4. The number of aromatic amines is 1. The summed E-state index contributed by atoms with van der Waals surface area (Å²) in [4.78, 5) is 6.21. The highest BCUT2D eigenvalue weighted by Gasteiger charge is 2.15. The number of hydrogen-bond donors (Lipinski definition) is 2. The summed E-state index contributed by atoms with van der Waals surface area (Å²) in [6.45, 7) is 2.63. The van der Waals surface area contributed by atoms with E-state index >= 15 is 0 Å². The van der Waals surface area contributed by atoms with Gasteiger partial charge < -0.3 is 10.6 Å². The van der Waals surface area contributed by atoms with Gasteiger partial charge in [-0.2, -0.15) is 4.98 Å². The highest BCUT2D eigenvalue weighted by atomic mass is 35.5. The zero-order valence-electron chi connectivity index (χ0n) is 12.1. The van der Waals surface area contributed by atoms with E-state index in [1.807, 2.05) is 48.2 Å². The number of nitrogens with one attached hydrogen (secondary N) is 1. The molecule has 0 spiro atoms. The number of nitrogens with zero attached hydrogens (tertiary/aromatic N) is 3. The van der Waals surface area contributed by atoms with Crippen molar-refractivity contribution in [2.24, 2.45) is 0 Å². The van der Waals surface area contributed by atoms with E-state index in [1.54, 1.807) is 0 Å². The number of aromatic nitrogens is 3. The molecule has 3 aromatic rings. The van der Waals surface area contributed by atoms with Crippen LogP contribution in [-0.2, 0) is 6.54 Å². The van der Waals surface area contributed by atoms with Gasteiger partial charge in [-0.25, -0.2) is 5.10 Å². The number of rotatable bonds is 4. The Hall–Kier alpha value is -2.53. The Balaban J connectivity index is 2.02. The van der Waals surface area contributed by atoms with Crippen LogP contribution in [0.3, 0.4) is 0 Å². The third-order valence-corrected chi connectivity index (χ3v) is 3.47. The summed E-state index contributed by atoms with van der Waals surface area (Å²) >= 11 is 6.19. The van der Waals surface area contributed by atoms with Gasteiger partial charge in [0.05, 0.1) is 6.54 Å². The van der Waals surface area contributed by atoms with Gasteiger partial charge in [0.25, 0.3) is 5.95 Å². The highest BCUT2D eigenvalue weighted by molar-refractivity contribution is 6.31. The zero-order valence-corrected chi connectivity index (χ0v) is 12.9. The Kier molecular flexibility index (Phi) is 3.98. The second kappa shape index (κ2) is 6.07. The molecule has 1 aromatic heterocycles. The molecule has 3 rings (SSSR count). The lowest BCUT2D eigenvalue weighted by Gasteiger charge is -2.22. The van der Waals surface area contributed by atoms with Crippen LogP contribution < -0.4 is 10.6 Å². The molecule has 2 aromatic carbocycles. The topological polar surface area (TPSA) is 70.8 Å². The van der Waals surface area contributed by atoms with Crippen molar-refractivity contribution in [2.75, 3.05) is 10.6 Å². The van der Waals surface area contributed by atoms with Crippen LogP contribution in [-0.4, -0.2) is 15.2 Å². The Morgan fingerprint density at radius 1 is 1.18 bits per heavy atom. The van der Waals surface area contributed by atoms with Gasteiger partial charge in [0, 0.05) is 10.7 Å². The van der Waals surface area contributed by atoms with Crippen LogP contribution in [0.4, 0.5) is 17.6 Å². The van der Waals surface area contributed by atoms with E-state index in [4.69, 9.17) is 17.3 Å². The fourth-order valence-corrected chi connectivity index (χ4v) is 2.59. The van der Waals surface area contributed by atoms with Gasteiger partial charge in [0.1, 0.15) is 0 Å². The Bertz CT molecular complexity index is 749. The monoisotopic (exact) mass is 313 g/mol. The number of H-pyrrole nitrogens is 1. The minimum absolute atomic E-state index is 0.284. The second-order valence-corrected chi connectivity index (χ2v) is 5.52. The normalized spacial score (nSPS) is 10.6. The summed E-state index contributed by atoms with van der Waals surface area (Å²) in [5.41, 5.74) is 8.81. The number of aryl methyl sites for hydroxylation is 1. The van der Waals surface area contributed by atoms with Crippen molar-refractivity contribution in [1.82, 2.24) is 15.2 Å². The van der Waals surface area contributed by atoms with Crippen LogP contribution >= 0.6 is 11.6 Å². The first-order chi connectivity index (χ1) is 10.6. The summed E-state index contributed by atoms with van der Waals surface area (Å²) < 4.78 is 0. The average molecular weight is 314 g/mol. The van der Waals surface area contributed by atoms with Gasteiger partial charge in [0.2, 0.25) is 5.95 Å². The number of anilines is 3. The summed E-state index contributed by atoms with van der Waals surface area (Å²) in [6, 6.07) is 16.0. The predicted molar refractivity (Wildman–Crippen MR) is 89.3 cm³/mol. The second-order valence-electron chi connectivity index (χ2n) is 5.08. The molecule has 0 atom stereocenters. The minimum Gasteiger partial charge on any atom is -0.368 e. The highest BCUT2D eigenvalue weighted by Crippen LogP contribution is 2.28. The van der Waals surface area contributed by atoms with Gasteiger partial charge in [-0.05, 0) is 36.2 Å². The van der Waals surface area contributed by atoms with Crippen molar-refractivity contribution < 1.29 is 0 Å². The molecule has 1 heterocycles. The maximum atomic E-state index is 6.19. The number of halogens is 1. The molecular weight excluding hydrogens is 298 g/mol. The zero-order chi connectivity index (χ0) is 15.5. The Morgan fingerprint density at radius 2 is 1.95 bits per heavy atom. The van der Waals surface area contributed by atoms with E-state index < -0.39 is 0 Å². The molecule has 0 amide bonds. The maximum Gasteiger partial charge on any atom is 0.251 e. The van der Waals surface area contributed by atoms with Gasteiger partial charge >= 0.3 is 0 Å². The molecule has 22 heavy (non-hydrogen) atoms. The molecule has 6 heteroatoms. The van der Waals surface area contributed by atoms with Crippen LogP contribution in [0.1, 0.15) is 11.1 Å². The fraction of sp³-hybridized carbons (Fsp3) is 0.125. The van der Waals surface area contributed by atoms with Crippen LogP contribution in [0, 0.1) is 6.92 Å². The summed E-state index contributed by atoms with van der Waals surface area (Å²) in [5, 5.41) is 7.52. The van der Waals surface area contributed by atoms with Gasteiger partial charge in [-0.1, -0.05) is 41.9 Å². The van der Waals surface area contributed by atoms with Crippen molar-refractivity contribution in [1.29, 1.82) is 0 Å². The lowest BCUT2D eigenvalue weighted by Crippen LogP contribution is -2.18. The largest absolute Gasteiger partial charge is 0.368 e. The average Bonchev–Trinajstić information content (AvgIpc) is 2.91. The molecule has 112 valence electrons. The van der Waals surface area contributed by atoms with Crippen LogP contribution in [0.15, 0.2) is 48.5 Å². The van der Waals surface area contributed by atoms with Gasteiger partial charge in [0.15, 0.2) is 0 Å². The number of nitrogen functional groups attached to an aromatic ring is 1. The molecule has 0 aliphatic heterocycles. The van der Waals surface area contributed by atoms with E-state index in [0.29, 0.717) is 17.5 Å². The molecular formula is C16H16ClN5. The molecule has 0 aliphatic rings. The number of benzene rings is 2. The van der Waals surface area contributed by atoms with Crippen molar-refractivity contribution in [3.8, 4) is 0 Å². The van der Waals surface area contributed by atoms with E-state index in [2.05, 4.69) is 27.3 Å². The molecule has 0 aliphatic carbocycles. The predicted octanol–water partition coefficient (Wildman–Crippen LogP) is 3.69. The van der Waals surface area contributed by atoms with E-state index in [1.165, 1.54) is 0 Å². The smallest absolute Gasteiger partial charge is 0.251 e. The Labute approximate surface area is 133 Å². The molecule has 0 saturated heterocycles. The summed E-state index contributed by atoms with van der Waals surface area (Å²) in [7, 11) is 0. The van der Waals surface area contributed by atoms with E-state index in [9.17, 15) is 0 Å². The molecule has 5 nitrogen and oxygen atoms in total. The summed E-state index contributed by atoms with van der Waals surface area (Å²) in [6.07, 6.45) is 0. The molecule has 3 N–H and O–H groups in total. The van der Waals surface area contributed by atoms with Crippen LogP contribution in [0.5, 0.6) is 0 Å². The standard InChI is InChI=1S/C16H16ClN5/c1-11-7-13(17)9-14(8-11)22(16-19-15(18)20-21-16)10-12-5-3-2-4-6-12/h2-9H,10H2,1H3,(H3,18,19,20,21). The first-order valence-corrected chi connectivity index (χ1v) is 7.26. The lowest BCUT2D eigenvalue weighted by molar-refractivity contribution is 0.914. The molecule has 0 fully saturated rings. The van der Waals surface area contributed by atoms with E-state index in [-0.39, 0.29) is 5.95 Å². The lowest BCUT2D eigenvalue weighted by atomic mass is 10.1. The third kappa shape index (κ3) is 3.20. The van der Waals surface area contributed by atoms with Crippen LogP contribution in [0.25, 0.3) is 0 Å². The van der Waals surface area contributed by atoms with Gasteiger partial charge in [-0.3, -0.25) is 0 Å². The number of nitrogens with two attached hydrogens (primary N) is 1. The first-order valence-electron chi connectivity index (χ1n) is 6.88. The minimum atomic E-state index is 0.284. The van der Waals surface area contributed by atoms with Crippen molar-refractivity contribution in [3.63, 3.8) is 0 Å².